The Morgan fingerprint density at radius 1 is 1.19 bits per heavy atom. The van der Waals surface area contributed by atoms with Crippen LogP contribution in [0.4, 0.5) is 0 Å². The minimum absolute atomic E-state index is 0.432. The van der Waals surface area contributed by atoms with E-state index in [0.29, 0.717) is 23.9 Å². The summed E-state index contributed by atoms with van der Waals surface area (Å²) < 4.78 is 0. The second-order valence-corrected chi connectivity index (χ2v) is 6.90. The molecule has 1 aromatic carbocycles. The molecule has 2 unspecified atom stereocenters. The molecule has 0 saturated carbocycles. The summed E-state index contributed by atoms with van der Waals surface area (Å²) in [7, 11) is 0. The highest BCUT2D eigenvalue weighted by Crippen LogP contribution is 2.31. The van der Waals surface area contributed by atoms with Crippen molar-refractivity contribution in [3.8, 4) is 0 Å². The monoisotopic (exact) mass is 286 g/mol. The fourth-order valence-electron chi connectivity index (χ4n) is 3.54. The molecule has 1 heterocycles. The maximum atomic E-state index is 4.31. The molecule has 0 spiro atoms. The number of hydrogen-bond donors (Lipinski definition) is 1. The summed E-state index contributed by atoms with van der Waals surface area (Å²) in [5.41, 5.74) is 2.65. The molecule has 2 nitrogen and oxygen atoms in total. The molecule has 116 valence electrons. The predicted octanol–water partition coefficient (Wildman–Crippen LogP) is 4.01. The average Bonchev–Trinajstić information content (AvgIpc) is 2.88. The Morgan fingerprint density at radius 2 is 1.86 bits per heavy atom. The van der Waals surface area contributed by atoms with Crippen LogP contribution in [0, 0.1) is 5.92 Å². The fourth-order valence-corrected chi connectivity index (χ4v) is 3.54. The Labute approximate surface area is 130 Å². The Hall–Kier alpha value is -1.28. The lowest BCUT2D eigenvalue weighted by Gasteiger charge is -2.34. The molecular formula is C19H30N2. The number of nitrogens with one attached hydrogen (secondary N) is 1. The van der Waals surface area contributed by atoms with Crippen molar-refractivity contribution in [3.63, 3.8) is 0 Å². The van der Waals surface area contributed by atoms with Gasteiger partial charge in [-0.25, -0.2) is 0 Å². The van der Waals surface area contributed by atoms with Gasteiger partial charge in [0, 0.05) is 18.3 Å². The van der Waals surface area contributed by atoms with Crippen molar-refractivity contribution >= 4 is 0 Å². The lowest BCUT2D eigenvalue weighted by Crippen LogP contribution is -2.43. The van der Waals surface area contributed by atoms with Gasteiger partial charge >= 0.3 is 0 Å². The summed E-state index contributed by atoms with van der Waals surface area (Å²) in [6.07, 6.45) is 1.25. The fraction of sp³-hybridized carbons (Fsp3) is 0.579. The molecule has 0 radical (unpaired) electrons. The SMILES string of the molecule is C=C(NC(C)C)C(C(C)C)N1CCC(c2ccccc2)C1. The summed E-state index contributed by atoms with van der Waals surface area (Å²) in [4.78, 5) is 2.61. The van der Waals surface area contributed by atoms with Crippen molar-refractivity contribution in [2.24, 2.45) is 5.92 Å². The summed E-state index contributed by atoms with van der Waals surface area (Å²) >= 11 is 0. The van der Waals surface area contributed by atoms with Gasteiger partial charge in [-0.2, -0.15) is 0 Å². The van der Waals surface area contributed by atoms with Crippen LogP contribution in [-0.4, -0.2) is 30.1 Å². The van der Waals surface area contributed by atoms with Crippen molar-refractivity contribution in [2.45, 2.75) is 52.1 Å². The average molecular weight is 286 g/mol. The molecule has 0 bridgehead atoms. The lowest BCUT2D eigenvalue weighted by molar-refractivity contribution is 0.210. The van der Waals surface area contributed by atoms with E-state index in [1.54, 1.807) is 0 Å². The highest BCUT2D eigenvalue weighted by molar-refractivity contribution is 5.22. The molecule has 0 aliphatic carbocycles. The second-order valence-electron chi connectivity index (χ2n) is 6.90. The van der Waals surface area contributed by atoms with E-state index in [1.165, 1.54) is 24.2 Å². The quantitative estimate of drug-likeness (QED) is 0.850. The van der Waals surface area contributed by atoms with Gasteiger partial charge in [0.2, 0.25) is 0 Å². The van der Waals surface area contributed by atoms with Crippen LogP contribution in [0.5, 0.6) is 0 Å². The molecule has 1 aliphatic heterocycles. The maximum absolute atomic E-state index is 4.31. The summed E-state index contributed by atoms with van der Waals surface area (Å²) in [6, 6.07) is 11.8. The van der Waals surface area contributed by atoms with Crippen molar-refractivity contribution in [1.29, 1.82) is 0 Å². The topological polar surface area (TPSA) is 15.3 Å². The molecule has 21 heavy (non-hydrogen) atoms. The zero-order chi connectivity index (χ0) is 15.4. The van der Waals surface area contributed by atoms with Crippen molar-refractivity contribution in [3.05, 3.63) is 48.2 Å². The Bertz CT molecular complexity index is 450. The molecule has 2 atom stereocenters. The van der Waals surface area contributed by atoms with Crippen LogP contribution >= 0.6 is 0 Å². The van der Waals surface area contributed by atoms with Gasteiger partial charge in [0.15, 0.2) is 0 Å². The first-order chi connectivity index (χ1) is 9.99. The molecule has 1 aromatic rings. The zero-order valence-corrected chi connectivity index (χ0v) is 14.0. The smallest absolute Gasteiger partial charge is 0.0512 e. The summed E-state index contributed by atoms with van der Waals surface area (Å²) in [5, 5.41) is 3.52. The van der Waals surface area contributed by atoms with Crippen LogP contribution in [0.3, 0.4) is 0 Å². The van der Waals surface area contributed by atoms with Gasteiger partial charge in [-0.3, -0.25) is 4.90 Å². The predicted molar refractivity (Wildman–Crippen MR) is 91.4 cm³/mol. The largest absolute Gasteiger partial charge is 0.385 e. The number of rotatable bonds is 6. The molecule has 1 fully saturated rings. The van der Waals surface area contributed by atoms with Crippen LogP contribution < -0.4 is 5.32 Å². The molecular weight excluding hydrogens is 256 g/mol. The minimum atomic E-state index is 0.432. The minimum Gasteiger partial charge on any atom is -0.385 e. The number of hydrogen-bond acceptors (Lipinski definition) is 2. The first kappa shape index (κ1) is 16.1. The standard InChI is InChI=1S/C19H30N2/c1-14(2)19(16(5)20-15(3)4)21-12-11-18(13-21)17-9-7-6-8-10-17/h6-10,14-15,18-20H,5,11-13H2,1-4H3. The van der Waals surface area contributed by atoms with Gasteiger partial charge in [-0.05, 0) is 44.2 Å². The summed E-state index contributed by atoms with van der Waals surface area (Å²) in [6.45, 7) is 15.6. The number of nitrogens with zero attached hydrogens (tertiary/aromatic N) is 1. The van der Waals surface area contributed by atoms with E-state index in [9.17, 15) is 0 Å². The van der Waals surface area contributed by atoms with E-state index in [1.807, 2.05) is 0 Å². The molecule has 1 saturated heterocycles. The number of benzene rings is 1. The van der Waals surface area contributed by atoms with E-state index in [-0.39, 0.29) is 0 Å². The van der Waals surface area contributed by atoms with Crippen molar-refractivity contribution in [2.75, 3.05) is 13.1 Å². The van der Waals surface area contributed by atoms with Crippen LogP contribution in [0.15, 0.2) is 42.6 Å². The van der Waals surface area contributed by atoms with Crippen molar-refractivity contribution < 1.29 is 0 Å². The van der Waals surface area contributed by atoms with E-state index in [4.69, 9.17) is 0 Å². The van der Waals surface area contributed by atoms with Gasteiger partial charge in [-0.15, -0.1) is 0 Å². The van der Waals surface area contributed by atoms with Gasteiger partial charge in [0.05, 0.1) is 6.04 Å². The second kappa shape index (κ2) is 7.13. The first-order valence-corrected chi connectivity index (χ1v) is 8.23. The van der Waals surface area contributed by atoms with E-state index >= 15 is 0 Å². The van der Waals surface area contributed by atoms with E-state index < -0.39 is 0 Å². The highest BCUT2D eigenvalue weighted by Gasteiger charge is 2.32. The van der Waals surface area contributed by atoms with Crippen LogP contribution in [0.1, 0.15) is 45.6 Å². The van der Waals surface area contributed by atoms with Gasteiger partial charge < -0.3 is 5.32 Å². The molecule has 0 amide bonds. The third-order valence-corrected chi connectivity index (χ3v) is 4.35. The molecule has 0 aromatic heterocycles. The first-order valence-electron chi connectivity index (χ1n) is 8.23. The Kier molecular flexibility index (Phi) is 5.46. The molecule has 1 aliphatic rings. The third kappa shape index (κ3) is 4.10. The number of likely N-dealkylation sites (tertiary alicyclic amines) is 1. The van der Waals surface area contributed by atoms with Crippen LogP contribution in [0.25, 0.3) is 0 Å². The molecule has 2 rings (SSSR count). The van der Waals surface area contributed by atoms with Crippen molar-refractivity contribution in [1.82, 2.24) is 10.2 Å². The van der Waals surface area contributed by atoms with Crippen LogP contribution in [-0.2, 0) is 0 Å². The van der Waals surface area contributed by atoms with Crippen LogP contribution in [0.2, 0.25) is 0 Å². The zero-order valence-electron chi connectivity index (χ0n) is 14.0. The van der Waals surface area contributed by atoms with Gasteiger partial charge in [-0.1, -0.05) is 50.8 Å². The Balaban J connectivity index is 2.05. The van der Waals surface area contributed by atoms with E-state index in [0.717, 1.165) is 6.54 Å². The van der Waals surface area contributed by atoms with Gasteiger partial charge in [0.25, 0.3) is 0 Å². The van der Waals surface area contributed by atoms with Gasteiger partial charge in [0.1, 0.15) is 0 Å². The molecule has 2 heteroatoms. The van der Waals surface area contributed by atoms with E-state index in [2.05, 4.69) is 74.8 Å². The maximum Gasteiger partial charge on any atom is 0.0512 e. The highest BCUT2D eigenvalue weighted by atomic mass is 15.2. The molecule has 1 N–H and O–H groups in total. The summed E-state index contributed by atoms with van der Waals surface area (Å²) in [5.74, 6) is 1.25. The normalized spacial score (nSPS) is 21.0. The third-order valence-electron chi connectivity index (χ3n) is 4.35. The lowest BCUT2D eigenvalue weighted by atomic mass is 9.97. The Morgan fingerprint density at radius 3 is 2.43 bits per heavy atom.